The number of alkyl halides is 2. The smallest absolute Gasteiger partial charge is 0.310 e. The first kappa shape index (κ1) is 70.5. The molecule has 4 atom stereocenters. The van der Waals surface area contributed by atoms with Gasteiger partial charge >= 0.3 is 17.9 Å². The van der Waals surface area contributed by atoms with Gasteiger partial charge in [0.15, 0.2) is 11.6 Å². The number of hydrogen-bond acceptors (Lipinski definition) is 14. The third-order valence-corrected chi connectivity index (χ3v) is 11.9. The minimum atomic E-state index is -0.664. The Kier molecular flexibility index (Phi) is 31.3. The number of esters is 3. The average molecular weight is 1150 g/mol. The van der Waals surface area contributed by atoms with Crippen molar-refractivity contribution in [3.8, 4) is 23.0 Å². The standard InChI is InChI=1S/C26H33ClO6.C24H31ClO5.C4H6O3.4H2S/c1-18(28)32-23(14-27)15-29-21-10-6-19(7-11-21)25(2,3)20-8-12-22(13-9-20)30-16-24-17-31-26(4,5)33-24;1-23(2,17-5-9-20(10-6-17)27-14-19(26)13-25)18-7-11-21(12-8-18)28-15-22-16-29-24(3,4)30-22;1-3(5)7-4(2)6;;;;/h6-13,23-24H,14-17H2,1-5H3;5-12,19,22,26H,13-16H2,1-4H3;1-2H3;4*1H2/t23-,24+;19-,22+;;;;;/m11...../s1. The second-order valence-corrected chi connectivity index (χ2v) is 19.4. The molecule has 2 heterocycles. The highest BCUT2D eigenvalue weighted by atomic mass is 35.5. The Morgan fingerprint density at radius 2 is 0.851 bits per heavy atom. The van der Waals surface area contributed by atoms with Crippen molar-refractivity contribution in [2.45, 2.75) is 123 Å². The molecule has 4 aromatic rings. The van der Waals surface area contributed by atoms with Gasteiger partial charge < -0.3 is 52.5 Å². The second kappa shape index (κ2) is 32.9. The quantitative estimate of drug-likeness (QED) is 0.0536. The predicted molar refractivity (Wildman–Crippen MR) is 309 cm³/mol. The molecule has 0 aliphatic carbocycles. The topological polar surface area (TPSA) is 164 Å². The average Bonchev–Trinajstić information content (AvgIpc) is 3.86. The summed E-state index contributed by atoms with van der Waals surface area (Å²) in [5.74, 6) is 0.780. The number of aliphatic hydroxyl groups is 1. The van der Waals surface area contributed by atoms with Crippen molar-refractivity contribution in [3.63, 3.8) is 0 Å². The molecule has 14 nitrogen and oxygen atoms in total. The fraction of sp³-hybridized carbons (Fsp3) is 0.500. The summed E-state index contributed by atoms with van der Waals surface area (Å²) < 4.78 is 54.8. The van der Waals surface area contributed by atoms with Gasteiger partial charge in [-0.3, -0.25) is 14.4 Å². The lowest BCUT2D eigenvalue weighted by Crippen LogP contribution is -2.25. The normalized spacial score (nSPS) is 16.9. The summed E-state index contributed by atoms with van der Waals surface area (Å²) in [6.45, 7) is 22.5. The van der Waals surface area contributed by atoms with Crippen molar-refractivity contribution in [1.29, 1.82) is 0 Å². The highest BCUT2D eigenvalue weighted by Gasteiger charge is 2.34. The number of benzene rings is 4. The summed E-state index contributed by atoms with van der Waals surface area (Å²) in [7, 11) is 0. The lowest BCUT2D eigenvalue weighted by molar-refractivity contribution is -0.156. The number of carbonyl (C=O) groups excluding carboxylic acids is 3. The van der Waals surface area contributed by atoms with E-state index in [0.717, 1.165) is 17.1 Å². The Labute approximate surface area is 475 Å². The van der Waals surface area contributed by atoms with Crippen LogP contribution in [0.2, 0.25) is 0 Å². The Hall–Kier alpha value is -3.53. The molecule has 2 saturated heterocycles. The maximum absolute atomic E-state index is 11.1. The van der Waals surface area contributed by atoms with Gasteiger partial charge in [-0.25, -0.2) is 0 Å². The van der Waals surface area contributed by atoms with E-state index in [0.29, 0.717) is 37.9 Å². The Bertz CT molecular complexity index is 2240. The van der Waals surface area contributed by atoms with Gasteiger partial charge in [-0.2, -0.15) is 54.0 Å². The van der Waals surface area contributed by atoms with Crippen LogP contribution in [-0.2, 0) is 53.6 Å². The zero-order valence-electron chi connectivity index (χ0n) is 44.2. The molecule has 0 aromatic heterocycles. The molecule has 0 amide bonds. The van der Waals surface area contributed by atoms with Gasteiger partial charge in [0, 0.05) is 31.6 Å². The summed E-state index contributed by atoms with van der Waals surface area (Å²) in [6, 6.07) is 32.1. The molecule has 1 N–H and O–H groups in total. The first-order valence-electron chi connectivity index (χ1n) is 23.1. The van der Waals surface area contributed by atoms with Crippen LogP contribution in [0.4, 0.5) is 0 Å². The number of aliphatic hydroxyl groups excluding tert-OH is 1. The van der Waals surface area contributed by atoms with Gasteiger partial charge in [0.1, 0.15) is 73.8 Å². The zero-order valence-corrected chi connectivity index (χ0v) is 49.7. The SMILES string of the molecule is CC(=O)OC(C)=O.CC(=O)O[C@H](CCl)COc1ccc(C(C)(C)c2ccc(OC[C@H]3COC(C)(C)O3)cc2)cc1.CC1(C)OC[C@H](COc2ccc(C(C)(C)c3ccc(OC[C@H](O)CCl)cc3)cc2)O1.S.S.S.S. The van der Waals surface area contributed by atoms with Crippen molar-refractivity contribution >= 4 is 95.1 Å². The maximum atomic E-state index is 11.1. The molecule has 0 radical (unpaired) electrons. The number of ether oxygens (including phenoxy) is 10. The lowest BCUT2D eigenvalue weighted by atomic mass is 9.78. The van der Waals surface area contributed by atoms with Gasteiger partial charge in [0.05, 0.1) is 25.0 Å². The number of hydrogen-bond donors (Lipinski definition) is 1. The molecular weight excluding hydrogens is 1070 g/mol. The van der Waals surface area contributed by atoms with E-state index in [2.05, 4.69) is 56.7 Å². The van der Waals surface area contributed by atoms with E-state index in [1.807, 2.05) is 100 Å². The molecule has 0 saturated carbocycles. The van der Waals surface area contributed by atoms with E-state index in [1.54, 1.807) is 0 Å². The van der Waals surface area contributed by atoms with Crippen molar-refractivity contribution in [1.82, 2.24) is 0 Å². The van der Waals surface area contributed by atoms with Crippen LogP contribution in [0.5, 0.6) is 23.0 Å². The Morgan fingerprint density at radius 3 is 1.09 bits per heavy atom. The van der Waals surface area contributed by atoms with Crippen molar-refractivity contribution in [3.05, 3.63) is 119 Å². The van der Waals surface area contributed by atoms with Crippen LogP contribution in [0.1, 0.15) is 98.4 Å². The minimum Gasteiger partial charge on any atom is -0.491 e. The van der Waals surface area contributed by atoms with Crippen LogP contribution in [0.15, 0.2) is 97.1 Å². The first-order chi connectivity index (χ1) is 32.9. The van der Waals surface area contributed by atoms with Gasteiger partial charge in [0.25, 0.3) is 0 Å². The van der Waals surface area contributed by atoms with Crippen LogP contribution >= 0.6 is 77.2 Å². The third kappa shape index (κ3) is 23.8. The summed E-state index contributed by atoms with van der Waals surface area (Å²) in [5, 5.41) is 9.52. The van der Waals surface area contributed by atoms with Crippen molar-refractivity contribution in [2.24, 2.45) is 0 Å². The van der Waals surface area contributed by atoms with Crippen LogP contribution in [0.25, 0.3) is 0 Å². The lowest BCUT2D eigenvalue weighted by Gasteiger charge is -2.26. The van der Waals surface area contributed by atoms with E-state index in [1.165, 1.54) is 37.5 Å². The monoisotopic (exact) mass is 1150 g/mol. The highest BCUT2D eigenvalue weighted by Crippen LogP contribution is 2.35. The van der Waals surface area contributed by atoms with Gasteiger partial charge in [-0.1, -0.05) is 76.2 Å². The summed E-state index contributed by atoms with van der Waals surface area (Å²) in [5.41, 5.74) is 4.28. The highest BCUT2D eigenvalue weighted by molar-refractivity contribution is 7.59. The third-order valence-electron chi connectivity index (χ3n) is 11.2. The maximum Gasteiger partial charge on any atom is 0.310 e. The van der Waals surface area contributed by atoms with Gasteiger partial charge in [-0.15, -0.1) is 23.2 Å². The van der Waals surface area contributed by atoms with Crippen LogP contribution < -0.4 is 18.9 Å². The molecule has 4 aromatic carbocycles. The fourth-order valence-electron chi connectivity index (χ4n) is 7.25. The van der Waals surface area contributed by atoms with Gasteiger partial charge in [-0.05, 0) is 98.5 Å². The van der Waals surface area contributed by atoms with E-state index in [-0.39, 0.29) is 108 Å². The van der Waals surface area contributed by atoms with E-state index in [4.69, 9.17) is 65.8 Å². The molecule has 2 aliphatic rings. The molecule has 20 heteroatoms. The molecule has 2 aliphatic heterocycles. The van der Waals surface area contributed by atoms with E-state index >= 15 is 0 Å². The molecule has 74 heavy (non-hydrogen) atoms. The minimum absolute atomic E-state index is 0. The first-order valence-corrected chi connectivity index (χ1v) is 24.2. The summed E-state index contributed by atoms with van der Waals surface area (Å²) in [6.07, 6.45) is -1.25. The van der Waals surface area contributed by atoms with E-state index < -0.39 is 35.7 Å². The Balaban J connectivity index is 0.00000122. The number of halogens is 2. The number of rotatable bonds is 19. The van der Waals surface area contributed by atoms with Crippen LogP contribution in [-0.4, -0.2) is 110 Å². The van der Waals surface area contributed by atoms with Gasteiger partial charge in [0.2, 0.25) is 0 Å². The number of carbonyl (C=O) groups is 3. The molecule has 416 valence electrons. The van der Waals surface area contributed by atoms with E-state index in [9.17, 15) is 19.5 Å². The summed E-state index contributed by atoms with van der Waals surface area (Å²) in [4.78, 5) is 30.7. The molecule has 0 unspecified atom stereocenters. The fourth-order valence-corrected chi connectivity index (χ4v) is 7.49. The largest absolute Gasteiger partial charge is 0.491 e. The van der Waals surface area contributed by atoms with Crippen molar-refractivity contribution < 1.29 is 66.9 Å². The zero-order chi connectivity index (χ0) is 51.7. The predicted octanol–water partition coefficient (Wildman–Crippen LogP) is 10.2. The van der Waals surface area contributed by atoms with Crippen LogP contribution in [0.3, 0.4) is 0 Å². The van der Waals surface area contributed by atoms with Crippen LogP contribution in [0, 0.1) is 0 Å². The molecule has 0 spiro atoms. The van der Waals surface area contributed by atoms with Crippen molar-refractivity contribution in [2.75, 3.05) is 51.4 Å². The summed E-state index contributed by atoms with van der Waals surface area (Å²) >= 11 is 11.4. The molecule has 2 fully saturated rings. The second-order valence-electron chi connectivity index (χ2n) is 18.8. The molecule has 0 bridgehead atoms. The Morgan fingerprint density at radius 1 is 0.541 bits per heavy atom. The molecular formula is C54H78Cl2O14S4. The molecule has 6 rings (SSSR count).